The van der Waals surface area contributed by atoms with E-state index in [2.05, 4.69) is 9.72 Å². The third-order valence-corrected chi connectivity index (χ3v) is 3.48. The van der Waals surface area contributed by atoms with Crippen molar-refractivity contribution in [2.75, 3.05) is 7.11 Å². The van der Waals surface area contributed by atoms with Crippen molar-refractivity contribution in [1.82, 2.24) is 4.98 Å². The van der Waals surface area contributed by atoms with Gasteiger partial charge in [0.2, 0.25) is 0 Å². The summed E-state index contributed by atoms with van der Waals surface area (Å²) < 4.78 is 18.2. The SMILES string of the molecule is COC(=O)/C=C/c1csc(-c2c(F)cccc2Cl)n1. The van der Waals surface area contributed by atoms with Crippen LogP contribution in [0.5, 0.6) is 0 Å². The van der Waals surface area contributed by atoms with Crippen LogP contribution in [-0.2, 0) is 9.53 Å². The molecule has 0 N–H and O–H groups in total. The Bertz CT molecular complexity index is 619. The van der Waals surface area contributed by atoms with Gasteiger partial charge in [0.05, 0.1) is 23.4 Å². The molecule has 0 fully saturated rings. The molecule has 1 heterocycles. The number of halogens is 2. The van der Waals surface area contributed by atoms with Crippen molar-refractivity contribution in [3.63, 3.8) is 0 Å². The summed E-state index contributed by atoms with van der Waals surface area (Å²) in [6.45, 7) is 0. The number of thiazole rings is 1. The van der Waals surface area contributed by atoms with Gasteiger partial charge in [-0.2, -0.15) is 0 Å². The molecule has 0 saturated heterocycles. The van der Waals surface area contributed by atoms with Crippen LogP contribution in [0.15, 0.2) is 29.7 Å². The van der Waals surface area contributed by atoms with Crippen LogP contribution in [0.2, 0.25) is 5.02 Å². The Morgan fingerprint density at radius 1 is 1.53 bits per heavy atom. The zero-order chi connectivity index (χ0) is 13.8. The van der Waals surface area contributed by atoms with Gasteiger partial charge in [0.25, 0.3) is 0 Å². The minimum atomic E-state index is -0.474. The topological polar surface area (TPSA) is 39.2 Å². The third kappa shape index (κ3) is 3.19. The normalized spacial score (nSPS) is 10.9. The third-order valence-electron chi connectivity index (χ3n) is 2.29. The van der Waals surface area contributed by atoms with Gasteiger partial charge in [-0.05, 0) is 18.2 Å². The summed E-state index contributed by atoms with van der Waals surface area (Å²) in [4.78, 5) is 15.2. The highest BCUT2D eigenvalue weighted by Gasteiger charge is 2.12. The van der Waals surface area contributed by atoms with E-state index in [1.165, 1.54) is 42.7 Å². The number of nitrogens with zero attached hydrogens (tertiary/aromatic N) is 1. The van der Waals surface area contributed by atoms with Crippen LogP contribution in [0.3, 0.4) is 0 Å². The van der Waals surface area contributed by atoms with E-state index in [1.807, 2.05) is 0 Å². The molecule has 0 aliphatic heterocycles. The monoisotopic (exact) mass is 297 g/mol. The number of benzene rings is 1. The molecule has 0 unspecified atom stereocenters. The molecule has 1 aromatic carbocycles. The lowest BCUT2D eigenvalue weighted by molar-refractivity contribution is -0.134. The van der Waals surface area contributed by atoms with Crippen molar-refractivity contribution < 1.29 is 13.9 Å². The van der Waals surface area contributed by atoms with Crippen molar-refractivity contribution in [3.05, 3.63) is 46.2 Å². The number of esters is 1. The second-order valence-electron chi connectivity index (χ2n) is 3.53. The van der Waals surface area contributed by atoms with Crippen LogP contribution < -0.4 is 0 Å². The Labute approximate surface area is 118 Å². The van der Waals surface area contributed by atoms with E-state index in [-0.39, 0.29) is 5.56 Å². The van der Waals surface area contributed by atoms with E-state index in [9.17, 15) is 9.18 Å². The minimum absolute atomic E-state index is 0.270. The van der Waals surface area contributed by atoms with E-state index in [4.69, 9.17) is 11.6 Å². The number of carbonyl (C=O) groups is 1. The van der Waals surface area contributed by atoms with Gasteiger partial charge in [-0.3, -0.25) is 0 Å². The quantitative estimate of drug-likeness (QED) is 0.639. The number of hydrogen-bond acceptors (Lipinski definition) is 4. The highest BCUT2D eigenvalue weighted by Crippen LogP contribution is 2.32. The van der Waals surface area contributed by atoms with Crippen LogP contribution in [0.4, 0.5) is 4.39 Å². The summed E-state index contributed by atoms with van der Waals surface area (Å²) in [7, 11) is 1.29. The summed E-state index contributed by atoms with van der Waals surface area (Å²) in [6, 6.07) is 4.46. The summed E-state index contributed by atoms with van der Waals surface area (Å²) in [5, 5.41) is 2.47. The highest BCUT2D eigenvalue weighted by molar-refractivity contribution is 7.13. The second-order valence-corrected chi connectivity index (χ2v) is 4.80. The van der Waals surface area contributed by atoms with E-state index in [0.717, 1.165) is 0 Å². The number of rotatable bonds is 3. The standard InChI is InChI=1S/C13H9ClFNO2S/c1-18-11(17)6-5-8-7-19-13(16-8)12-9(14)3-2-4-10(12)15/h2-7H,1H3/b6-5+. The van der Waals surface area contributed by atoms with Crippen LogP contribution in [0.1, 0.15) is 5.69 Å². The van der Waals surface area contributed by atoms with Crippen molar-refractivity contribution in [2.45, 2.75) is 0 Å². The minimum Gasteiger partial charge on any atom is -0.466 e. The molecule has 0 spiro atoms. The molecule has 6 heteroatoms. The van der Waals surface area contributed by atoms with Crippen molar-refractivity contribution in [3.8, 4) is 10.6 Å². The van der Waals surface area contributed by atoms with Crippen LogP contribution in [0.25, 0.3) is 16.6 Å². The Morgan fingerprint density at radius 3 is 3.00 bits per heavy atom. The van der Waals surface area contributed by atoms with Crippen molar-refractivity contribution >= 4 is 35.0 Å². The maximum atomic E-state index is 13.7. The largest absolute Gasteiger partial charge is 0.466 e. The second kappa shape index (κ2) is 5.95. The maximum absolute atomic E-state index is 13.7. The number of aromatic nitrogens is 1. The number of carbonyl (C=O) groups excluding carboxylic acids is 1. The van der Waals surface area contributed by atoms with Crippen molar-refractivity contribution in [1.29, 1.82) is 0 Å². The van der Waals surface area contributed by atoms with Crippen LogP contribution >= 0.6 is 22.9 Å². The molecule has 3 nitrogen and oxygen atoms in total. The molecule has 0 radical (unpaired) electrons. The fourth-order valence-corrected chi connectivity index (χ4v) is 2.56. The van der Waals surface area contributed by atoms with Gasteiger partial charge < -0.3 is 4.74 Å². The first-order valence-corrected chi connectivity index (χ1v) is 6.53. The van der Waals surface area contributed by atoms with Gasteiger partial charge in [0.1, 0.15) is 10.8 Å². The molecule has 2 rings (SSSR count). The number of hydrogen-bond donors (Lipinski definition) is 0. The molecule has 0 saturated carbocycles. The fourth-order valence-electron chi connectivity index (χ4n) is 1.40. The average molecular weight is 298 g/mol. The molecule has 1 aromatic heterocycles. The first kappa shape index (κ1) is 13.7. The number of ether oxygens (including phenoxy) is 1. The Kier molecular flexibility index (Phi) is 4.29. The molecule has 0 bridgehead atoms. The lowest BCUT2D eigenvalue weighted by atomic mass is 10.2. The molecule has 0 aliphatic rings. The molecule has 0 aliphatic carbocycles. The fraction of sp³-hybridized carbons (Fsp3) is 0.0769. The molecular formula is C13H9ClFNO2S. The first-order valence-electron chi connectivity index (χ1n) is 5.27. The first-order chi connectivity index (χ1) is 9.11. The molecule has 0 amide bonds. The molecule has 19 heavy (non-hydrogen) atoms. The van der Waals surface area contributed by atoms with E-state index in [1.54, 1.807) is 11.4 Å². The smallest absolute Gasteiger partial charge is 0.330 e. The predicted molar refractivity (Wildman–Crippen MR) is 73.6 cm³/mol. The molecule has 0 atom stereocenters. The number of methoxy groups -OCH3 is 1. The van der Waals surface area contributed by atoms with Gasteiger partial charge in [0, 0.05) is 11.5 Å². The summed E-state index contributed by atoms with van der Waals surface area (Å²) in [5.41, 5.74) is 0.816. The zero-order valence-electron chi connectivity index (χ0n) is 9.89. The van der Waals surface area contributed by atoms with Gasteiger partial charge in [-0.15, -0.1) is 11.3 Å². The average Bonchev–Trinajstić information content (AvgIpc) is 2.84. The van der Waals surface area contributed by atoms with E-state index in [0.29, 0.717) is 15.7 Å². The van der Waals surface area contributed by atoms with E-state index >= 15 is 0 Å². The summed E-state index contributed by atoms with van der Waals surface area (Å²) in [5.74, 6) is -0.899. The lowest BCUT2D eigenvalue weighted by Crippen LogP contribution is -1.93. The summed E-state index contributed by atoms with van der Waals surface area (Å²) >= 11 is 7.21. The predicted octanol–water partition coefficient (Wildman–Crippen LogP) is 3.79. The van der Waals surface area contributed by atoms with E-state index < -0.39 is 11.8 Å². The molecule has 98 valence electrons. The Balaban J connectivity index is 2.31. The van der Waals surface area contributed by atoms with Crippen LogP contribution in [-0.4, -0.2) is 18.1 Å². The van der Waals surface area contributed by atoms with Gasteiger partial charge in [-0.1, -0.05) is 17.7 Å². The Hall–Kier alpha value is -1.72. The van der Waals surface area contributed by atoms with Gasteiger partial charge >= 0.3 is 5.97 Å². The molecular weight excluding hydrogens is 289 g/mol. The van der Waals surface area contributed by atoms with Gasteiger partial charge in [-0.25, -0.2) is 14.2 Å². The zero-order valence-corrected chi connectivity index (χ0v) is 11.5. The maximum Gasteiger partial charge on any atom is 0.330 e. The Morgan fingerprint density at radius 2 is 2.32 bits per heavy atom. The summed E-state index contributed by atoms with van der Waals surface area (Å²) in [6.07, 6.45) is 2.75. The molecule has 2 aromatic rings. The lowest BCUT2D eigenvalue weighted by Gasteiger charge is -2.00. The van der Waals surface area contributed by atoms with Gasteiger partial charge in [0.15, 0.2) is 0 Å². The highest BCUT2D eigenvalue weighted by atomic mass is 35.5. The van der Waals surface area contributed by atoms with Crippen LogP contribution in [0, 0.1) is 5.82 Å². The van der Waals surface area contributed by atoms with Crippen molar-refractivity contribution in [2.24, 2.45) is 0 Å².